The Labute approximate surface area is 111 Å². The molecule has 11 heteroatoms. The number of alkyl halides is 4. The van der Waals surface area contributed by atoms with Crippen LogP contribution in [0.4, 0.5) is 27.6 Å². The average molecular weight is 326 g/mol. The lowest BCUT2D eigenvalue weighted by atomic mass is 10.2. The lowest BCUT2D eigenvalue weighted by Crippen LogP contribution is -2.32. The van der Waals surface area contributed by atoms with Crippen molar-refractivity contribution in [1.29, 1.82) is 0 Å². The van der Waals surface area contributed by atoms with Crippen molar-refractivity contribution in [3.63, 3.8) is 0 Å². The van der Waals surface area contributed by atoms with Crippen molar-refractivity contribution < 1.29 is 31.6 Å². The molecule has 0 spiro atoms. The number of nitrogens with zero attached hydrogens (tertiary/aromatic N) is 1. The maximum Gasteiger partial charge on any atom is 0.373 e. The zero-order valence-corrected chi connectivity index (χ0v) is 9.98. The fraction of sp³-hybridized carbons (Fsp3) is 0.250. The van der Waals surface area contributed by atoms with Crippen LogP contribution in [0.2, 0.25) is 0 Å². The molecule has 0 radical (unpaired) electrons. The van der Waals surface area contributed by atoms with Gasteiger partial charge in [0.1, 0.15) is 0 Å². The normalized spacial score (nSPS) is 15.7. The molecular weight excluding hydrogens is 324 g/mol. The van der Waals surface area contributed by atoms with Gasteiger partial charge in [-0.2, -0.15) is 13.2 Å². The molecule has 106 valence electrons. The van der Waals surface area contributed by atoms with E-state index in [1.165, 1.54) is 0 Å². The first-order valence-electron chi connectivity index (χ1n) is 4.24. The summed E-state index contributed by atoms with van der Waals surface area (Å²) in [6.07, 6.45) is 0. The molecule has 0 bridgehead atoms. The van der Waals surface area contributed by atoms with E-state index < -0.39 is 44.8 Å². The van der Waals surface area contributed by atoms with Crippen LogP contribution in [0.1, 0.15) is 0 Å². The van der Waals surface area contributed by atoms with E-state index in [4.69, 9.17) is 11.6 Å². The van der Waals surface area contributed by atoms with Gasteiger partial charge in [0.15, 0.2) is 11.6 Å². The van der Waals surface area contributed by atoms with Gasteiger partial charge in [0, 0.05) is 0 Å². The Morgan fingerprint density at radius 3 is 2.32 bits per heavy atom. The molecule has 0 fully saturated rings. The zero-order chi connectivity index (χ0) is 15.0. The molecule has 0 aromatic heterocycles. The van der Waals surface area contributed by atoms with Crippen LogP contribution in [0.25, 0.3) is 0 Å². The molecule has 0 saturated heterocycles. The highest BCUT2D eigenvalue weighted by Gasteiger charge is 2.42. The third-order valence-corrected chi connectivity index (χ3v) is 2.45. The van der Waals surface area contributed by atoms with Crippen LogP contribution in [0, 0.1) is 27.6 Å². The summed E-state index contributed by atoms with van der Waals surface area (Å²) in [6, 6.07) is -0.0812. The van der Waals surface area contributed by atoms with Crippen molar-refractivity contribution in [2.75, 3.05) is 0 Å². The number of rotatable bonds is 4. The van der Waals surface area contributed by atoms with Gasteiger partial charge in [0.25, 0.3) is 5.63 Å². The summed E-state index contributed by atoms with van der Waals surface area (Å²) in [5.74, 6) is -8.00. The number of hydrogen-bond donors (Lipinski definition) is 0. The number of nitro benzene ring substituents is 1. The number of nitro groups is 1. The fourth-order valence-corrected chi connectivity index (χ4v) is 1.09. The maximum absolute atomic E-state index is 13.2. The Hall–Kier alpha value is -1.35. The Kier molecular flexibility index (Phi) is 4.41. The number of halogens is 7. The fourth-order valence-electron chi connectivity index (χ4n) is 0.973. The Morgan fingerprint density at radius 1 is 1.37 bits per heavy atom. The molecule has 1 rings (SSSR count). The molecule has 2 unspecified atom stereocenters. The SMILES string of the molecule is O=[N+]([O-])c1cc(F)c(OC(F)(Cl)C(F)Cl)c(F)c1F. The molecule has 0 heterocycles. The van der Waals surface area contributed by atoms with Crippen molar-refractivity contribution in [3.05, 3.63) is 33.6 Å². The summed E-state index contributed by atoms with van der Waals surface area (Å²) in [5, 5.41) is 6.36. The highest BCUT2D eigenvalue weighted by Crippen LogP contribution is 2.37. The quantitative estimate of drug-likeness (QED) is 0.278. The van der Waals surface area contributed by atoms with E-state index in [0.717, 1.165) is 0 Å². The van der Waals surface area contributed by atoms with Crippen molar-refractivity contribution in [2.24, 2.45) is 0 Å². The summed E-state index contributed by atoms with van der Waals surface area (Å²) < 4.78 is 68.8. The highest BCUT2D eigenvalue weighted by molar-refractivity contribution is 6.30. The number of hydrogen-bond acceptors (Lipinski definition) is 3. The lowest BCUT2D eigenvalue weighted by Gasteiger charge is -2.20. The van der Waals surface area contributed by atoms with Gasteiger partial charge < -0.3 is 4.74 Å². The van der Waals surface area contributed by atoms with Crippen molar-refractivity contribution >= 4 is 28.9 Å². The molecule has 0 N–H and O–H groups in total. The highest BCUT2D eigenvalue weighted by atomic mass is 35.5. The van der Waals surface area contributed by atoms with Gasteiger partial charge in [-0.15, -0.1) is 0 Å². The minimum absolute atomic E-state index is 0.0812. The van der Waals surface area contributed by atoms with Crippen LogP contribution < -0.4 is 4.74 Å². The molecule has 2 atom stereocenters. The van der Waals surface area contributed by atoms with Crippen molar-refractivity contribution in [2.45, 2.75) is 10.9 Å². The predicted octanol–water partition coefficient (Wildman–Crippen LogP) is 3.79. The standard InChI is InChI=1S/C8H2Cl2F5NO3/c9-7(14)8(10,15)19-6-2(11)1-3(16(17)18)4(12)5(6)13/h1,7H. The molecule has 1 aromatic carbocycles. The lowest BCUT2D eigenvalue weighted by molar-refractivity contribution is -0.388. The molecule has 0 aliphatic rings. The largest absolute Gasteiger partial charge is 0.436 e. The first kappa shape index (κ1) is 15.7. The van der Waals surface area contributed by atoms with Crippen molar-refractivity contribution in [1.82, 2.24) is 0 Å². The van der Waals surface area contributed by atoms with Gasteiger partial charge in [-0.25, -0.2) is 8.78 Å². The molecule has 0 amide bonds. The molecule has 0 aliphatic carbocycles. The van der Waals surface area contributed by atoms with E-state index in [1.54, 1.807) is 0 Å². The molecule has 0 aliphatic heterocycles. The van der Waals surface area contributed by atoms with Crippen LogP contribution >= 0.6 is 23.2 Å². The Morgan fingerprint density at radius 2 is 1.89 bits per heavy atom. The van der Waals surface area contributed by atoms with E-state index >= 15 is 0 Å². The summed E-state index contributed by atoms with van der Waals surface area (Å²) in [5.41, 5.74) is -4.59. The van der Waals surface area contributed by atoms with Gasteiger partial charge in [0.2, 0.25) is 11.6 Å². The van der Waals surface area contributed by atoms with Crippen LogP contribution in [-0.2, 0) is 0 Å². The van der Waals surface area contributed by atoms with E-state index in [-0.39, 0.29) is 6.07 Å². The van der Waals surface area contributed by atoms with Gasteiger partial charge in [-0.3, -0.25) is 10.1 Å². The van der Waals surface area contributed by atoms with Crippen LogP contribution in [0.3, 0.4) is 0 Å². The topological polar surface area (TPSA) is 52.4 Å². The summed E-state index contributed by atoms with van der Waals surface area (Å²) in [7, 11) is 0. The van der Waals surface area contributed by atoms with E-state index in [9.17, 15) is 32.1 Å². The third kappa shape index (κ3) is 3.16. The van der Waals surface area contributed by atoms with Gasteiger partial charge in [0.05, 0.1) is 11.0 Å². The maximum atomic E-state index is 13.2. The zero-order valence-electron chi connectivity index (χ0n) is 8.47. The third-order valence-electron chi connectivity index (χ3n) is 1.79. The second-order valence-corrected chi connectivity index (χ2v) is 3.95. The van der Waals surface area contributed by atoms with Gasteiger partial charge in [-0.05, 0) is 11.6 Å². The molecular formula is C8H2Cl2F5NO3. The second-order valence-electron chi connectivity index (χ2n) is 3.06. The van der Waals surface area contributed by atoms with Crippen LogP contribution in [0.5, 0.6) is 5.75 Å². The molecule has 1 aromatic rings. The van der Waals surface area contributed by atoms with Gasteiger partial charge >= 0.3 is 11.0 Å². The first-order valence-corrected chi connectivity index (χ1v) is 5.06. The monoisotopic (exact) mass is 325 g/mol. The average Bonchev–Trinajstić information content (AvgIpc) is 2.28. The molecule has 0 saturated carbocycles. The Balaban J connectivity index is 3.32. The van der Waals surface area contributed by atoms with E-state index in [1.807, 2.05) is 0 Å². The summed E-state index contributed by atoms with van der Waals surface area (Å²) in [6.45, 7) is 0. The summed E-state index contributed by atoms with van der Waals surface area (Å²) in [4.78, 5) is 8.82. The molecule has 19 heavy (non-hydrogen) atoms. The predicted molar refractivity (Wildman–Crippen MR) is 54.0 cm³/mol. The van der Waals surface area contributed by atoms with E-state index in [0.29, 0.717) is 0 Å². The smallest absolute Gasteiger partial charge is 0.373 e. The van der Waals surface area contributed by atoms with E-state index in [2.05, 4.69) is 16.3 Å². The van der Waals surface area contributed by atoms with Crippen molar-refractivity contribution in [3.8, 4) is 5.75 Å². The second kappa shape index (κ2) is 5.33. The molecule has 4 nitrogen and oxygen atoms in total. The number of benzene rings is 1. The summed E-state index contributed by atoms with van der Waals surface area (Å²) >= 11 is 9.32. The minimum atomic E-state index is -3.88. The van der Waals surface area contributed by atoms with Gasteiger partial charge in [-0.1, -0.05) is 11.6 Å². The van der Waals surface area contributed by atoms with Crippen LogP contribution in [0.15, 0.2) is 6.07 Å². The minimum Gasteiger partial charge on any atom is -0.436 e. The number of ether oxygens (including phenoxy) is 1. The Bertz CT molecular complexity index is 526. The van der Waals surface area contributed by atoms with Crippen LogP contribution in [-0.4, -0.2) is 15.9 Å². The first-order chi connectivity index (χ1) is 8.58.